The summed E-state index contributed by atoms with van der Waals surface area (Å²) in [5.41, 5.74) is 13.3. The lowest BCUT2D eigenvalue weighted by Gasteiger charge is -2.26. The molecule has 0 aliphatic carbocycles. The van der Waals surface area contributed by atoms with Crippen molar-refractivity contribution in [1.29, 1.82) is 0 Å². The molecule has 0 bridgehead atoms. The SMILES string of the molecule is CC(C)(c1ccc(N)c(O)c1)c1ccc(N)c(O)c1. The van der Waals surface area contributed by atoms with Gasteiger partial charge in [-0.1, -0.05) is 26.0 Å². The molecule has 2 rings (SSSR count). The molecule has 0 aliphatic rings. The number of rotatable bonds is 2. The Labute approximate surface area is 112 Å². The van der Waals surface area contributed by atoms with Crippen LogP contribution in [0.3, 0.4) is 0 Å². The quantitative estimate of drug-likeness (QED) is 0.492. The molecule has 100 valence electrons. The number of nitrogens with two attached hydrogens (primary N) is 2. The molecule has 2 aromatic carbocycles. The highest BCUT2D eigenvalue weighted by Crippen LogP contribution is 2.37. The van der Waals surface area contributed by atoms with E-state index in [1.54, 1.807) is 24.3 Å². The van der Waals surface area contributed by atoms with Crippen molar-refractivity contribution in [3.8, 4) is 11.5 Å². The van der Waals surface area contributed by atoms with E-state index in [-0.39, 0.29) is 16.9 Å². The van der Waals surface area contributed by atoms with E-state index in [1.165, 1.54) is 0 Å². The van der Waals surface area contributed by atoms with Crippen LogP contribution in [-0.4, -0.2) is 10.2 Å². The molecule has 0 saturated carbocycles. The molecule has 0 heterocycles. The van der Waals surface area contributed by atoms with Gasteiger partial charge in [-0.3, -0.25) is 0 Å². The van der Waals surface area contributed by atoms with Crippen LogP contribution in [0.25, 0.3) is 0 Å². The minimum absolute atomic E-state index is 0.0604. The predicted octanol–water partition coefficient (Wildman–Crippen LogP) is 2.59. The number of nitrogen functional groups attached to an aromatic ring is 2. The van der Waals surface area contributed by atoms with E-state index < -0.39 is 0 Å². The number of benzene rings is 2. The van der Waals surface area contributed by atoms with Crippen LogP contribution >= 0.6 is 0 Å². The first-order valence-electron chi connectivity index (χ1n) is 6.00. The van der Waals surface area contributed by atoms with E-state index in [9.17, 15) is 10.2 Å². The van der Waals surface area contributed by atoms with Gasteiger partial charge >= 0.3 is 0 Å². The highest BCUT2D eigenvalue weighted by Gasteiger charge is 2.24. The molecule has 19 heavy (non-hydrogen) atoms. The standard InChI is InChI=1S/C15H18N2O2/c1-15(2,9-3-5-11(16)13(18)7-9)10-4-6-12(17)14(19)8-10/h3-8,18-19H,16-17H2,1-2H3. The third kappa shape index (κ3) is 2.29. The fourth-order valence-electron chi connectivity index (χ4n) is 2.03. The number of hydrogen-bond acceptors (Lipinski definition) is 4. The fourth-order valence-corrected chi connectivity index (χ4v) is 2.03. The zero-order valence-corrected chi connectivity index (χ0v) is 11.0. The molecule has 0 spiro atoms. The van der Waals surface area contributed by atoms with Crippen molar-refractivity contribution in [2.75, 3.05) is 11.5 Å². The molecule has 0 radical (unpaired) electrons. The van der Waals surface area contributed by atoms with E-state index in [0.717, 1.165) is 11.1 Å². The second-order valence-corrected chi connectivity index (χ2v) is 5.17. The van der Waals surface area contributed by atoms with Gasteiger partial charge in [-0.2, -0.15) is 0 Å². The van der Waals surface area contributed by atoms with Gasteiger partial charge in [-0.25, -0.2) is 0 Å². The Morgan fingerprint density at radius 3 is 1.47 bits per heavy atom. The molecule has 6 N–H and O–H groups in total. The maximum atomic E-state index is 9.71. The fraction of sp³-hybridized carbons (Fsp3) is 0.200. The van der Waals surface area contributed by atoms with Gasteiger partial charge < -0.3 is 21.7 Å². The van der Waals surface area contributed by atoms with Crippen LogP contribution in [0.1, 0.15) is 25.0 Å². The van der Waals surface area contributed by atoms with E-state index in [1.807, 2.05) is 26.0 Å². The van der Waals surface area contributed by atoms with E-state index in [2.05, 4.69) is 0 Å². The zero-order valence-electron chi connectivity index (χ0n) is 11.0. The Bertz CT molecular complexity index is 568. The van der Waals surface area contributed by atoms with Gasteiger partial charge in [-0.15, -0.1) is 0 Å². The number of anilines is 2. The highest BCUT2D eigenvalue weighted by molar-refractivity contribution is 5.58. The van der Waals surface area contributed by atoms with Crippen molar-refractivity contribution in [2.45, 2.75) is 19.3 Å². The van der Waals surface area contributed by atoms with E-state index in [4.69, 9.17) is 11.5 Å². The second kappa shape index (κ2) is 4.39. The van der Waals surface area contributed by atoms with Crippen LogP contribution in [0.4, 0.5) is 11.4 Å². The molecule has 0 aromatic heterocycles. The summed E-state index contributed by atoms with van der Waals surface area (Å²) < 4.78 is 0. The number of phenolic OH excluding ortho intramolecular Hbond substituents is 2. The van der Waals surface area contributed by atoms with Crippen LogP contribution in [-0.2, 0) is 5.41 Å². The molecule has 0 saturated heterocycles. The minimum Gasteiger partial charge on any atom is -0.506 e. The molecular weight excluding hydrogens is 240 g/mol. The van der Waals surface area contributed by atoms with Crippen molar-refractivity contribution in [2.24, 2.45) is 0 Å². The molecule has 2 aromatic rings. The summed E-state index contributed by atoms with van der Waals surface area (Å²) in [4.78, 5) is 0. The van der Waals surface area contributed by atoms with Gasteiger partial charge in [0.25, 0.3) is 0 Å². The molecule has 0 amide bonds. The summed E-state index contributed by atoms with van der Waals surface area (Å²) in [5, 5.41) is 19.4. The highest BCUT2D eigenvalue weighted by atomic mass is 16.3. The smallest absolute Gasteiger partial charge is 0.138 e. The Kier molecular flexibility index (Phi) is 3.02. The van der Waals surface area contributed by atoms with Crippen LogP contribution in [0.15, 0.2) is 36.4 Å². The summed E-state index contributed by atoms with van der Waals surface area (Å²) in [5.74, 6) is 0.121. The lowest BCUT2D eigenvalue weighted by atomic mass is 9.78. The van der Waals surface area contributed by atoms with Gasteiger partial charge in [-0.05, 0) is 35.4 Å². The Morgan fingerprint density at radius 2 is 1.16 bits per heavy atom. The molecule has 4 nitrogen and oxygen atoms in total. The molecule has 0 aliphatic heterocycles. The number of aromatic hydroxyl groups is 2. The first-order chi connectivity index (χ1) is 8.82. The van der Waals surface area contributed by atoms with Gasteiger partial charge in [0.15, 0.2) is 0 Å². The van der Waals surface area contributed by atoms with Crippen LogP contribution in [0.5, 0.6) is 11.5 Å². The van der Waals surface area contributed by atoms with Gasteiger partial charge in [0, 0.05) is 5.41 Å². The van der Waals surface area contributed by atoms with Crippen LogP contribution in [0, 0.1) is 0 Å². The van der Waals surface area contributed by atoms with Crippen LogP contribution in [0.2, 0.25) is 0 Å². The van der Waals surface area contributed by atoms with E-state index in [0.29, 0.717) is 11.4 Å². The Morgan fingerprint density at radius 1 is 0.789 bits per heavy atom. The van der Waals surface area contributed by atoms with Crippen molar-refractivity contribution in [1.82, 2.24) is 0 Å². The number of phenols is 2. The second-order valence-electron chi connectivity index (χ2n) is 5.17. The summed E-state index contributed by atoms with van der Waals surface area (Å²) >= 11 is 0. The maximum Gasteiger partial charge on any atom is 0.138 e. The Balaban J connectivity index is 2.51. The minimum atomic E-state index is -0.379. The van der Waals surface area contributed by atoms with Gasteiger partial charge in [0.2, 0.25) is 0 Å². The molecule has 4 heteroatoms. The summed E-state index contributed by atoms with van der Waals surface area (Å²) in [6, 6.07) is 10.4. The normalized spacial score (nSPS) is 11.5. The first-order valence-corrected chi connectivity index (χ1v) is 6.00. The van der Waals surface area contributed by atoms with Gasteiger partial charge in [0.1, 0.15) is 11.5 Å². The van der Waals surface area contributed by atoms with Crippen molar-refractivity contribution in [3.05, 3.63) is 47.5 Å². The van der Waals surface area contributed by atoms with Crippen LogP contribution < -0.4 is 11.5 Å². The average molecular weight is 258 g/mol. The summed E-state index contributed by atoms with van der Waals surface area (Å²) in [6.07, 6.45) is 0. The molecule has 0 atom stereocenters. The van der Waals surface area contributed by atoms with Crippen molar-refractivity contribution >= 4 is 11.4 Å². The lowest BCUT2D eigenvalue weighted by molar-refractivity contribution is 0.472. The van der Waals surface area contributed by atoms with E-state index >= 15 is 0 Å². The zero-order chi connectivity index (χ0) is 14.2. The predicted molar refractivity (Wildman–Crippen MR) is 77.2 cm³/mol. The van der Waals surface area contributed by atoms with Gasteiger partial charge in [0.05, 0.1) is 11.4 Å². The molecular formula is C15H18N2O2. The third-order valence-electron chi connectivity index (χ3n) is 3.50. The molecule has 0 fully saturated rings. The third-order valence-corrected chi connectivity index (χ3v) is 3.50. The summed E-state index contributed by atoms with van der Waals surface area (Å²) in [7, 11) is 0. The van der Waals surface area contributed by atoms with Crippen molar-refractivity contribution in [3.63, 3.8) is 0 Å². The summed E-state index contributed by atoms with van der Waals surface area (Å²) in [6.45, 7) is 4.01. The Hall–Kier alpha value is -2.36. The monoisotopic (exact) mass is 258 g/mol. The number of hydrogen-bond donors (Lipinski definition) is 4. The largest absolute Gasteiger partial charge is 0.506 e. The van der Waals surface area contributed by atoms with Crippen molar-refractivity contribution < 1.29 is 10.2 Å². The lowest BCUT2D eigenvalue weighted by Crippen LogP contribution is -2.19. The molecule has 0 unspecified atom stereocenters. The maximum absolute atomic E-state index is 9.71. The topological polar surface area (TPSA) is 92.5 Å². The first kappa shape index (κ1) is 13.1. The average Bonchev–Trinajstić information content (AvgIpc) is 2.35.